The summed E-state index contributed by atoms with van der Waals surface area (Å²) in [4.78, 5) is 21.6. The molecule has 0 bridgehead atoms. The lowest BCUT2D eigenvalue weighted by atomic mass is 9.89. The Hall–Kier alpha value is -2.17. The summed E-state index contributed by atoms with van der Waals surface area (Å²) in [6.45, 7) is 0. The Morgan fingerprint density at radius 1 is 1.44 bits per heavy atom. The highest BCUT2D eigenvalue weighted by atomic mass is 16.6. The molecule has 0 saturated carbocycles. The van der Waals surface area contributed by atoms with Crippen LogP contribution in [0.5, 0.6) is 0 Å². The quantitative estimate of drug-likeness (QED) is 0.474. The highest BCUT2D eigenvalue weighted by Crippen LogP contribution is 2.33. The first kappa shape index (κ1) is 10.4. The topological polar surface area (TPSA) is 72.2 Å². The Morgan fingerprint density at radius 3 is 2.75 bits per heavy atom. The van der Waals surface area contributed by atoms with Gasteiger partial charge in [0.2, 0.25) is 0 Å². The molecule has 1 aromatic carbocycles. The summed E-state index contributed by atoms with van der Waals surface area (Å²) >= 11 is 0. The van der Waals surface area contributed by atoms with Gasteiger partial charge in [-0.15, -0.1) is 0 Å². The fraction of sp³-hybridized carbons (Fsp3) is 0.182. The van der Waals surface area contributed by atoms with Crippen molar-refractivity contribution in [2.75, 3.05) is 0 Å². The normalized spacial score (nSPS) is 22.8. The first-order chi connectivity index (χ1) is 7.69. The van der Waals surface area contributed by atoms with Crippen molar-refractivity contribution < 1.29 is 9.72 Å². The van der Waals surface area contributed by atoms with Gasteiger partial charge in [-0.25, -0.2) is 0 Å². The molecule has 82 valence electrons. The number of carbonyl (C=O) groups excluding carboxylic acids is 1. The van der Waals surface area contributed by atoms with Gasteiger partial charge in [0.05, 0.1) is 10.5 Å². The predicted molar refractivity (Wildman–Crippen MR) is 57.7 cm³/mol. The summed E-state index contributed by atoms with van der Waals surface area (Å²) in [7, 11) is 0. The fourth-order valence-corrected chi connectivity index (χ4v) is 1.85. The summed E-state index contributed by atoms with van der Waals surface area (Å²) in [5.41, 5.74) is -0.616. The number of hydrogen-bond donors (Lipinski definition) is 1. The largest absolute Gasteiger partial charge is 0.375 e. The van der Waals surface area contributed by atoms with Gasteiger partial charge in [-0.3, -0.25) is 10.1 Å². The van der Waals surface area contributed by atoms with Crippen LogP contribution in [0.4, 0.5) is 5.69 Å². The monoisotopic (exact) mass is 218 g/mol. The number of rotatable bonds is 3. The third kappa shape index (κ3) is 1.46. The maximum absolute atomic E-state index is 11.2. The number of hydrogen-bond acceptors (Lipinski definition) is 4. The number of aldehydes is 1. The van der Waals surface area contributed by atoms with E-state index in [9.17, 15) is 14.9 Å². The second-order valence-electron chi connectivity index (χ2n) is 3.61. The first-order valence-corrected chi connectivity index (χ1v) is 4.82. The zero-order valence-corrected chi connectivity index (χ0v) is 8.42. The Balaban J connectivity index is 2.54. The second-order valence-corrected chi connectivity index (χ2v) is 3.61. The molecule has 5 nitrogen and oxygen atoms in total. The molecule has 0 spiro atoms. The van der Waals surface area contributed by atoms with Gasteiger partial charge in [0.1, 0.15) is 5.54 Å². The van der Waals surface area contributed by atoms with Crippen LogP contribution in [-0.2, 0) is 10.3 Å². The van der Waals surface area contributed by atoms with E-state index in [-0.39, 0.29) is 5.69 Å². The zero-order chi connectivity index (χ0) is 11.6. The third-order valence-electron chi connectivity index (χ3n) is 2.68. The van der Waals surface area contributed by atoms with E-state index in [4.69, 9.17) is 0 Å². The van der Waals surface area contributed by atoms with Gasteiger partial charge in [0.15, 0.2) is 6.29 Å². The van der Waals surface area contributed by atoms with E-state index < -0.39 is 10.5 Å². The summed E-state index contributed by atoms with van der Waals surface area (Å²) in [5, 5.41) is 13.8. The number of nitrogens with zero attached hydrogens (tertiary/aromatic N) is 1. The van der Waals surface area contributed by atoms with Gasteiger partial charge < -0.3 is 10.1 Å². The number of benzene rings is 1. The van der Waals surface area contributed by atoms with E-state index >= 15 is 0 Å². The number of nitrogens with one attached hydrogen (secondary N) is 1. The highest BCUT2D eigenvalue weighted by Gasteiger charge is 2.37. The smallest absolute Gasteiger partial charge is 0.275 e. The van der Waals surface area contributed by atoms with Crippen molar-refractivity contribution in [1.29, 1.82) is 0 Å². The number of nitro benzene ring substituents is 1. The van der Waals surface area contributed by atoms with Crippen LogP contribution >= 0.6 is 0 Å². The molecule has 1 aromatic rings. The molecule has 1 aliphatic rings. The van der Waals surface area contributed by atoms with Crippen LogP contribution in [0.25, 0.3) is 0 Å². The lowest BCUT2D eigenvalue weighted by Gasteiger charge is -2.23. The molecule has 0 fully saturated rings. The van der Waals surface area contributed by atoms with E-state index in [1.807, 2.05) is 0 Å². The Bertz CT molecular complexity index is 460. The third-order valence-corrected chi connectivity index (χ3v) is 2.68. The number of nitro groups is 1. The van der Waals surface area contributed by atoms with E-state index in [0.29, 0.717) is 12.0 Å². The number of carbonyl (C=O) groups is 1. The molecule has 1 heterocycles. The maximum atomic E-state index is 11.2. The summed E-state index contributed by atoms with van der Waals surface area (Å²) < 4.78 is 0. The van der Waals surface area contributed by atoms with E-state index in [1.54, 1.807) is 30.5 Å². The van der Waals surface area contributed by atoms with Crippen LogP contribution in [-0.4, -0.2) is 11.2 Å². The van der Waals surface area contributed by atoms with Crippen LogP contribution in [0.15, 0.2) is 36.5 Å². The molecule has 0 aromatic heterocycles. The van der Waals surface area contributed by atoms with Gasteiger partial charge >= 0.3 is 0 Å². The van der Waals surface area contributed by atoms with Crippen LogP contribution in [0.3, 0.4) is 0 Å². The highest BCUT2D eigenvalue weighted by molar-refractivity contribution is 5.72. The van der Waals surface area contributed by atoms with Crippen LogP contribution in [0, 0.1) is 10.1 Å². The average Bonchev–Trinajstić information content (AvgIpc) is 2.78. The summed E-state index contributed by atoms with van der Waals surface area (Å²) in [6.07, 6.45) is 4.58. The minimum atomic E-state index is -0.982. The summed E-state index contributed by atoms with van der Waals surface area (Å²) in [5.74, 6) is 0. The lowest BCUT2D eigenvalue weighted by Crippen LogP contribution is -2.37. The molecule has 0 amide bonds. The first-order valence-electron chi connectivity index (χ1n) is 4.82. The van der Waals surface area contributed by atoms with Crippen LogP contribution in [0.1, 0.15) is 12.0 Å². The molecule has 5 heteroatoms. The van der Waals surface area contributed by atoms with Gasteiger partial charge in [-0.05, 0) is 12.3 Å². The fourth-order valence-electron chi connectivity index (χ4n) is 1.85. The zero-order valence-electron chi connectivity index (χ0n) is 8.42. The van der Waals surface area contributed by atoms with E-state index in [0.717, 1.165) is 6.29 Å². The maximum Gasteiger partial charge on any atom is 0.275 e. The minimum Gasteiger partial charge on any atom is -0.375 e. The Morgan fingerprint density at radius 2 is 2.19 bits per heavy atom. The Labute approximate surface area is 91.9 Å². The molecule has 0 radical (unpaired) electrons. The SMILES string of the molecule is O=CC1(c2ccccc2[N+](=O)[O-])CC=CN1. The molecule has 0 saturated heterocycles. The van der Waals surface area contributed by atoms with Gasteiger partial charge in [-0.2, -0.15) is 0 Å². The molecule has 1 aliphatic heterocycles. The second kappa shape index (κ2) is 3.77. The van der Waals surface area contributed by atoms with Crippen molar-refractivity contribution in [2.45, 2.75) is 12.0 Å². The molecule has 2 rings (SSSR count). The standard InChI is InChI=1S/C11H10N2O3/c14-8-11(6-3-7-12-11)9-4-1-2-5-10(9)13(15)16/h1-5,7-8,12H,6H2. The Kier molecular flexibility index (Phi) is 2.44. The van der Waals surface area contributed by atoms with Gasteiger partial charge in [0, 0.05) is 12.5 Å². The van der Waals surface area contributed by atoms with Crippen molar-refractivity contribution in [3.63, 3.8) is 0 Å². The molecule has 16 heavy (non-hydrogen) atoms. The summed E-state index contributed by atoms with van der Waals surface area (Å²) in [6, 6.07) is 6.28. The molecule has 1 N–H and O–H groups in total. The number of para-hydroxylation sites is 1. The molecule has 1 atom stereocenters. The minimum absolute atomic E-state index is 0.0363. The van der Waals surface area contributed by atoms with E-state index in [1.165, 1.54) is 6.07 Å². The van der Waals surface area contributed by atoms with Crippen molar-refractivity contribution in [3.8, 4) is 0 Å². The van der Waals surface area contributed by atoms with Gasteiger partial charge in [0.25, 0.3) is 5.69 Å². The predicted octanol–water partition coefficient (Wildman–Crippen LogP) is 1.50. The van der Waals surface area contributed by atoms with Crippen LogP contribution in [0.2, 0.25) is 0 Å². The van der Waals surface area contributed by atoms with Crippen molar-refractivity contribution in [2.24, 2.45) is 0 Å². The van der Waals surface area contributed by atoms with Gasteiger partial charge in [-0.1, -0.05) is 18.2 Å². The molecular formula is C11H10N2O3. The average molecular weight is 218 g/mol. The molecule has 0 aliphatic carbocycles. The molecular weight excluding hydrogens is 208 g/mol. The van der Waals surface area contributed by atoms with Crippen molar-refractivity contribution >= 4 is 12.0 Å². The lowest BCUT2D eigenvalue weighted by molar-refractivity contribution is -0.386. The molecule has 1 unspecified atom stereocenters. The van der Waals surface area contributed by atoms with E-state index in [2.05, 4.69) is 5.32 Å². The van der Waals surface area contributed by atoms with Crippen LogP contribution < -0.4 is 5.32 Å². The van der Waals surface area contributed by atoms with Crippen molar-refractivity contribution in [3.05, 3.63) is 52.2 Å². The van der Waals surface area contributed by atoms with Crippen molar-refractivity contribution in [1.82, 2.24) is 5.32 Å².